The lowest BCUT2D eigenvalue weighted by atomic mass is 10.1. The number of piperazine rings is 1. The van der Waals surface area contributed by atoms with Gasteiger partial charge in [-0.15, -0.1) is 0 Å². The van der Waals surface area contributed by atoms with Crippen molar-refractivity contribution in [2.45, 2.75) is 51.5 Å². The molecule has 0 bridgehead atoms. The summed E-state index contributed by atoms with van der Waals surface area (Å²) in [5, 5.41) is 15.6. The third-order valence-electron chi connectivity index (χ3n) is 4.56. The average molecular weight is 392 g/mol. The molecule has 2 unspecified atom stereocenters. The van der Waals surface area contributed by atoms with Gasteiger partial charge >= 0.3 is 6.09 Å². The van der Waals surface area contributed by atoms with Crippen LogP contribution in [0.2, 0.25) is 0 Å². The van der Waals surface area contributed by atoms with Gasteiger partial charge in [0.25, 0.3) is 0 Å². The van der Waals surface area contributed by atoms with Gasteiger partial charge in [-0.1, -0.05) is 0 Å². The Balaban J connectivity index is 1.56. The van der Waals surface area contributed by atoms with Gasteiger partial charge in [0, 0.05) is 38.8 Å². The van der Waals surface area contributed by atoms with E-state index in [0.717, 1.165) is 0 Å². The highest BCUT2D eigenvalue weighted by atomic mass is 16.6. The largest absolute Gasteiger partial charge is 0.444 e. The number of nitrogens with zero attached hydrogens (tertiary/aromatic N) is 4. The number of aliphatic hydroxyl groups excluding tert-OH is 1. The number of hydrogen-bond acceptors (Lipinski definition) is 8. The highest BCUT2D eigenvalue weighted by Crippen LogP contribution is 2.18. The van der Waals surface area contributed by atoms with Crippen LogP contribution in [0.1, 0.15) is 33.6 Å². The number of carbonyl (C=O) groups is 2. The quantitative estimate of drug-likeness (QED) is 0.682. The van der Waals surface area contributed by atoms with E-state index < -0.39 is 11.8 Å². The maximum absolute atomic E-state index is 12.2. The molecule has 0 saturated carbocycles. The van der Waals surface area contributed by atoms with Gasteiger partial charge in [0.2, 0.25) is 11.9 Å². The first kappa shape index (κ1) is 20.1. The number of nitrogens with one attached hydrogen (secondary N) is 2. The number of anilines is 2. The first-order chi connectivity index (χ1) is 13.2. The Hall–Kier alpha value is -2.62. The van der Waals surface area contributed by atoms with Crippen molar-refractivity contribution in [3.63, 3.8) is 0 Å². The zero-order valence-corrected chi connectivity index (χ0v) is 16.5. The molecule has 0 aliphatic carbocycles. The molecular formula is C18H28N6O4. The zero-order chi connectivity index (χ0) is 20.3. The monoisotopic (exact) mass is 392 g/mol. The molecule has 1 aromatic rings. The van der Waals surface area contributed by atoms with Crippen LogP contribution in [-0.4, -0.2) is 76.0 Å². The van der Waals surface area contributed by atoms with Crippen molar-refractivity contribution in [3.05, 3.63) is 12.3 Å². The molecule has 10 heteroatoms. The zero-order valence-electron chi connectivity index (χ0n) is 16.5. The van der Waals surface area contributed by atoms with Crippen molar-refractivity contribution < 1.29 is 19.4 Å². The van der Waals surface area contributed by atoms with Crippen molar-refractivity contribution in [2.75, 3.05) is 36.4 Å². The van der Waals surface area contributed by atoms with Crippen LogP contribution in [-0.2, 0) is 9.53 Å². The minimum Gasteiger partial charge on any atom is -0.444 e. The fraction of sp³-hybridized carbons (Fsp3) is 0.667. The molecule has 3 heterocycles. The fourth-order valence-corrected chi connectivity index (χ4v) is 3.12. The number of carbonyl (C=O) groups excluding carboxylic acids is 2. The topological polar surface area (TPSA) is 120 Å². The molecule has 2 aliphatic rings. The second kappa shape index (κ2) is 8.17. The van der Waals surface area contributed by atoms with Gasteiger partial charge in [-0.25, -0.2) is 9.78 Å². The maximum Gasteiger partial charge on any atom is 0.410 e. The Bertz CT molecular complexity index is 714. The lowest BCUT2D eigenvalue weighted by Gasteiger charge is -2.35. The van der Waals surface area contributed by atoms with Crippen molar-refractivity contribution in [1.29, 1.82) is 0 Å². The molecule has 2 aliphatic heterocycles. The maximum atomic E-state index is 12.2. The van der Waals surface area contributed by atoms with Gasteiger partial charge in [0.05, 0.1) is 6.04 Å². The Labute approximate surface area is 164 Å². The van der Waals surface area contributed by atoms with E-state index in [1.807, 2.05) is 25.7 Å². The van der Waals surface area contributed by atoms with Crippen LogP contribution in [0.25, 0.3) is 0 Å². The molecule has 0 radical (unpaired) electrons. The fourth-order valence-electron chi connectivity index (χ4n) is 3.12. The van der Waals surface area contributed by atoms with E-state index in [1.54, 1.807) is 17.2 Å². The van der Waals surface area contributed by atoms with E-state index in [1.165, 1.54) is 0 Å². The van der Waals surface area contributed by atoms with Crippen LogP contribution in [0.5, 0.6) is 0 Å². The van der Waals surface area contributed by atoms with Crippen LogP contribution in [0.15, 0.2) is 12.3 Å². The van der Waals surface area contributed by atoms with Gasteiger partial charge < -0.3 is 30.3 Å². The first-order valence-corrected chi connectivity index (χ1v) is 9.51. The standard InChI is InChI=1S/C18H28N6O4/c1-18(2,3)28-17(27)24-10-8-23(9-11-24)16-19-7-6-13(21-16)20-12-4-5-14(25)22-15(12)26/h6-7,12,15,26H,4-5,8-11H2,1-3H3,(H,22,25)(H,19,20,21). The second-order valence-corrected chi connectivity index (χ2v) is 8.00. The molecule has 28 heavy (non-hydrogen) atoms. The lowest BCUT2D eigenvalue weighted by molar-refractivity contribution is -0.126. The van der Waals surface area contributed by atoms with Crippen molar-refractivity contribution >= 4 is 23.8 Å². The summed E-state index contributed by atoms with van der Waals surface area (Å²) < 4.78 is 5.41. The van der Waals surface area contributed by atoms with Crippen molar-refractivity contribution in [3.8, 4) is 0 Å². The van der Waals surface area contributed by atoms with E-state index in [9.17, 15) is 14.7 Å². The van der Waals surface area contributed by atoms with Crippen LogP contribution in [0, 0.1) is 0 Å². The minimum atomic E-state index is -0.947. The number of aliphatic hydroxyl groups is 1. The summed E-state index contributed by atoms with van der Waals surface area (Å²) in [4.78, 5) is 36.0. The molecule has 2 saturated heterocycles. The molecular weight excluding hydrogens is 364 g/mol. The number of amides is 2. The van der Waals surface area contributed by atoms with Gasteiger partial charge in [-0.3, -0.25) is 4.79 Å². The predicted octanol–water partition coefficient (Wildman–Crippen LogP) is 0.543. The number of ether oxygens (including phenoxy) is 1. The summed E-state index contributed by atoms with van der Waals surface area (Å²) in [6.07, 6.45) is 1.28. The molecule has 3 rings (SSSR count). The van der Waals surface area contributed by atoms with Crippen molar-refractivity contribution in [1.82, 2.24) is 20.2 Å². The average Bonchev–Trinajstić information content (AvgIpc) is 2.63. The first-order valence-electron chi connectivity index (χ1n) is 9.51. The highest BCUT2D eigenvalue weighted by molar-refractivity contribution is 5.77. The number of piperidine rings is 1. The van der Waals surface area contributed by atoms with E-state index >= 15 is 0 Å². The van der Waals surface area contributed by atoms with Crippen LogP contribution >= 0.6 is 0 Å². The molecule has 0 aromatic carbocycles. The molecule has 1 aromatic heterocycles. The molecule has 10 nitrogen and oxygen atoms in total. The van der Waals surface area contributed by atoms with Gasteiger partial charge in [-0.05, 0) is 33.3 Å². The number of rotatable bonds is 3. The van der Waals surface area contributed by atoms with Crippen LogP contribution < -0.4 is 15.5 Å². The third-order valence-corrected chi connectivity index (χ3v) is 4.56. The van der Waals surface area contributed by atoms with Crippen molar-refractivity contribution in [2.24, 2.45) is 0 Å². The Morgan fingerprint density at radius 1 is 1.32 bits per heavy atom. The van der Waals surface area contributed by atoms with Gasteiger partial charge in [0.15, 0.2) is 0 Å². The summed E-state index contributed by atoms with van der Waals surface area (Å²) in [7, 11) is 0. The highest BCUT2D eigenvalue weighted by Gasteiger charge is 2.28. The molecule has 0 spiro atoms. The van der Waals surface area contributed by atoms with Gasteiger partial charge in [0.1, 0.15) is 17.6 Å². The smallest absolute Gasteiger partial charge is 0.410 e. The SMILES string of the molecule is CC(C)(C)OC(=O)N1CCN(c2nccc(NC3CCC(=O)NC3O)n2)CC1. The van der Waals surface area contributed by atoms with Gasteiger partial charge in [-0.2, -0.15) is 4.98 Å². The molecule has 2 amide bonds. The summed E-state index contributed by atoms with van der Waals surface area (Å²) in [5.41, 5.74) is -0.513. The van der Waals surface area contributed by atoms with Crippen LogP contribution in [0.4, 0.5) is 16.6 Å². The van der Waals surface area contributed by atoms with E-state index in [2.05, 4.69) is 20.6 Å². The molecule has 2 atom stereocenters. The summed E-state index contributed by atoms with van der Waals surface area (Å²) in [5.74, 6) is 0.986. The normalized spacial score (nSPS) is 23.2. The van der Waals surface area contributed by atoms with E-state index in [-0.39, 0.29) is 18.0 Å². The molecule has 3 N–H and O–H groups in total. The summed E-state index contributed by atoms with van der Waals surface area (Å²) in [6.45, 7) is 7.81. The second-order valence-electron chi connectivity index (χ2n) is 8.00. The van der Waals surface area contributed by atoms with Crippen LogP contribution in [0.3, 0.4) is 0 Å². The minimum absolute atomic E-state index is 0.156. The number of hydrogen-bond donors (Lipinski definition) is 3. The summed E-state index contributed by atoms with van der Waals surface area (Å²) >= 11 is 0. The Kier molecular flexibility index (Phi) is 5.87. The Morgan fingerprint density at radius 2 is 2.04 bits per heavy atom. The third kappa shape index (κ3) is 5.22. The van der Waals surface area contributed by atoms with E-state index in [0.29, 0.717) is 50.8 Å². The Morgan fingerprint density at radius 3 is 2.68 bits per heavy atom. The number of aromatic nitrogens is 2. The lowest BCUT2D eigenvalue weighted by Crippen LogP contribution is -2.51. The predicted molar refractivity (Wildman–Crippen MR) is 103 cm³/mol. The van der Waals surface area contributed by atoms with E-state index in [4.69, 9.17) is 4.74 Å². The summed E-state index contributed by atoms with van der Waals surface area (Å²) in [6, 6.07) is 1.42. The molecule has 154 valence electrons. The molecule has 2 fully saturated rings.